The summed E-state index contributed by atoms with van der Waals surface area (Å²) >= 11 is 5.37. The maximum absolute atomic E-state index is 11.5. The van der Waals surface area contributed by atoms with E-state index in [0.29, 0.717) is 6.42 Å². The van der Waals surface area contributed by atoms with Crippen LogP contribution in [-0.4, -0.2) is 24.0 Å². The molecule has 72 valence electrons. The van der Waals surface area contributed by atoms with Crippen molar-refractivity contribution in [1.82, 2.24) is 5.32 Å². The van der Waals surface area contributed by atoms with Crippen LogP contribution >= 0.6 is 11.6 Å². The summed E-state index contributed by atoms with van der Waals surface area (Å²) < 4.78 is 34.6. The molecule has 0 spiro atoms. The van der Waals surface area contributed by atoms with Crippen LogP contribution in [-0.2, 0) is 4.79 Å². The van der Waals surface area contributed by atoms with Gasteiger partial charge in [0.05, 0.1) is 0 Å². The lowest BCUT2D eigenvalue weighted by atomic mass is 10.3. The Morgan fingerprint density at radius 2 is 2.08 bits per heavy atom. The fourth-order valence-corrected chi connectivity index (χ4v) is 0.561. The summed E-state index contributed by atoms with van der Waals surface area (Å²) in [7, 11) is 0. The fourth-order valence-electron chi connectivity index (χ4n) is 0.483. The third-order valence-corrected chi connectivity index (χ3v) is 1.61. The molecular formula is C6H9ClF3NO. The maximum atomic E-state index is 11.5. The molecule has 0 saturated carbocycles. The summed E-state index contributed by atoms with van der Waals surface area (Å²) in [5, 5.41) is 0.795. The number of rotatable bonds is 3. The van der Waals surface area contributed by atoms with Gasteiger partial charge in [-0.25, -0.2) is 0 Å². The quantitative estimate of drug-likeness (QED) is 0.695. The number of amides is 1. The number of nitrogens with one attached hydrogen (secondary N) is 1. The molecule has 1 atom stereocenters. The topological polar surface area (TPSA) is 29.1 Å². The van der Waals surface area contributed by atoms with E-state index in [0.717, 1.165) is 0 Å². The number of carbonyl (C=O) groups excluding carboxylic acids is 1. The summed E-state index contributed by atoms with van der Waals surface area (Å²) in [6, 6.07) is 0. The Balaban J connectivity index is 3.72. The molecule has 0 heterocycles. The average Bonchev–Trinajstić information content (AvgIpc) is 1.97. The van der Waals surface area contributed by atoms with Gasteiger partial charge in [0.2, 0.25) is 5.91 Å². The molecule has 1 N–H and O–H groups in total. The summed E-state index contributed by atoms with van der Waals surface area (Å²) in [5.41, 5.74) is 0. The highest BCUT2D eigenvalue weighted by Gasteiger charge is 2.28. The summed E-state index contributed by atoms with van der Waals surface area (Å²) in [6.45, 7) is 0.292. The van der Waals surface area contributed by atoms with E-state index in [1.54, 1.807) is 12.2 Å². The van der Waals surface area contributed by atoms with Crippen molar-refractivity contribution in [3.05, 3.63) is 0 Å². The van der Waals surface area contributed by atoms with Crippen molar-refractivity contribution in [2.24, 2.45) is 0 Å². The molecule has 0 rings (SSSR count). The van der Waals surface area contributed by atoms with Gasteiger partial charge >= 0.3 is 6.18 Å². The molecule has 0 aliphatic rings. The highest BCUT2D eigenvalue weighted by Crippen LogP contribution is 2.12. The summed E-state index contributed by atoms with van der Waals surface area (Å²) in [6.07, 6.45) is -4.06. The Morgan fingerprint density at radius 3 is 2.42 bits per heavy atom. The Kier molecular flexibility index (Phi) is 4.37. The van der Waals surface area contributed by atoms with Crippen molar-refractivity contribution in [3.63, 3.8) is 0 Å². The van der Waals surface area contributed by atoms with Crippen LogP contribution in [0.5, 0.6) is 0 Å². The second-order valence-corrected chi connectivity index (χ2v) is 2.74. The van der Waals surface area contributed by atoms with Crippen LogP contribution in [0.3, 0.4) is 0 Å². The Hall–Kier alpha value is -0.450. The summed E-state index contributed by atoms with van der Waals surface area (Å²) in [5.74, 6) is -0.781. The zero-order valence-electron chi connectivity index (χ0n) is 6.41. The molecule has 0 aromatic carbocycles. The van der Waals surface area contributed by atoms with E-state index >= 15 is 0 Å². The van der Waals surface area contributed by atoms with Gasteiger partial charge in [0.1, 0.15) is 11.9 Å². The standard InChI is InChI=1S/C6H9ClF3NO/c1-2-4(7)5(12)11-3-6(8,9)10/h4H,2-3H2,1H3,(H,11,12). The van der Waals surface area contributed by atoms with Crippen LogP contribution in [0.15, 0.2) is 0 Å². The van der Waals surface area contributed by atoms with Crippen molar-refractivity contribution < 1.29 is 18.0 Å². The van der Waals surface area contributed by atoms with E-state index in [-0.39, 0.29) is 0 Å². The fraction of sp³-hybridized carbons (Fsp3) is 0.833. The van der Waals surface area contributed by atoms with Gasteiger partial charge in [-0.15, -0.1) is 11.6 Å². The Morgan fingerprint density at radius 1 is 1.58 bits per heavy atom. The molecule has 1 unspecified atom stereocenters. The smallest absolute Gasteiger partial charge is 0.346 e. The molecule has 0 aliphatic carbocycles. The first-order valence-electron chi connectivity index (χ1n) is 3.35. The van der Waals surface area contributed by atoms with Gasteiger partial charge in [-0.2, -0.15) is 13.2 Å². The number of alkyl halides is 4. The molecular weight excluding hydrogens is 195 g/mol. The minimum absolute atomic E-state index is 0.311. The van der Waals surface area contributed by atoms with Gasteiger partial charge in [0.25, 0.3) is 0 Å². The predicted molar refractivity (Wildman–Crippen MR) is 39.0 cm³/mol. The van der Waals surface area contributed by atoms with Crippen LogP contribution in [0.2, 0.25) is 0 Å². The first kappa shape index (κ1) is 11.6. The van der Waals surface area contributed by atoms with E-state index < -0.39 is 24.0 Å². The molecule has 0 bridgehead atoms. The SMILES string of the molecule is CCC(Cl)C(=O)NCC(F)(F)F. The van der Waals surface area contributed by atoms with Crippen LogP contribution in [0.25, 0.3) is 0 Å². The zero-order chi connectivity index (χ0) is 9.78. The van der Waals surface area contributed by atoms with Crippen molar-refractivity contribution in [2.45, 2.75) is 24.9 Å². The molecule has 0 radical (unpaired) electrons. The molecule has 12 heavy (non-hydrogen) atoms. The van der Waals surface area contributed by atoms with E-state index in [9.17, 15) is 18.0 Å². The monoisotopic (exact) mass is 203 g/mol. The van der Waals surface area contributed by atoms with E-state index in [1.165, 1.54) is 0 Å². The Labute approximate surface area is 73.1 Å². The van der Waals surface area contributed by atoms with Gasteiger partial charge in [-0.3, -0.25) is 4.79 Å². The number of carbonyl (C=O) groups is 1. The average molecular weight is 204 g/mol. The second-order valence-electron chi connectivity index (χ2n) is 2.21. The van der Waals surface area contributed by atoms with Gasteiger partial charge in [0, 0.05) is 0 Å². The minimum atomic E-state index is -4.37. The molecule has 0 aromatic heterocycles. The van der Waals surface area contributed by atoms with Crippen LogP contribution in [0, 0.1) is 0 Å². The van der Waals surface area contributed by atoms with Crippen molar-refractivity contribution in [2.75, 3.05) is 6.54 Å². The third kappa shape index (κ3) is 5.23. The molecule has 1 amide bonds. The molecule has 0 aliphatic heterocycles. The first-order chi connectivity index (χ1) is 5.37. The van der Waals surface area contributed by atoms with E-state index in [2.05, 4.69) is 0 Å². The zero-order valence-corrected chi connectivity index (χ0v) is 7.17. The molecule has 0 aromatic rings. The van der Waals surface area contributed by atoms with E-state index in [4.69, 9.17) is 11.6 Å². The molecule has 6 heteroatoms. The van der Waals surface area contributed by atoms with Gasteiger partial charge < -0.3 is 5.32 Å². The van der Waals surface area contributed by atoms with E-state index in [1.807, 2.05) is 0 Å². The van der Waals surface area contributed by atoms with Crippen LogP contribution in [0.4, 0.5) is 13.2 Å². The molecule has 0 fully saturated rings. The van der Waals surface area contributed by atoms with Crippen LogP contribution < -0.4 is 5.32 Å². The number of hydrogen-bond donors (Lipinski definition) is 1. The lowest BCUT2D eigenvalue weighted by Crippen LogP contribution is -2.37. The largest absolute Gasteiger partial charge is 0.405 e. The van der Waals surface area contributed by atoms with Gasteiger partial charge in [-0.1, -0.05) is 6.92 Å². The van der Waals surface area contributed by atoms with Crippen molar-refractivity contribution in [1.29, 1.82) is 0 Å². The highest BCUT2D eigenvalue weighted by molar-refractivity contribution is 6.30. The van der Waals surface area contributed by atoms with Crippen LogP contribution in [0.1, 0.15) is 13.3 Å². The minimum Gasteiger partial charge on any atom is -0.346 e. The lowest BCUT2D eigenvalue weighted by molar-refractivity contribution is -0.138. The Bertz CT molecular complexity index is 159. The second kappa shape index (κ2) is 4.54. The predicted octanol–water partition coefficient (Wildman–Crippen LogP) is 1.68. The molecule has 0 saturated heterocycles. The third-order valence-electron chi connectivity index (χ3n) is 1.11. The highest BCUT2D eigenvalue weighted by atomic mass is 35.5. The first-order valence-corrected chi connectivity index (χ1v) is 3.79. The van der Waals surface area contributed by atoms with Crippen molar-refractivity contribution in [3.8, 4) is 0 Å². The normalized spacial score (nSPS) is 14.1. The van der Waals surface area contributed by atoms with Gasteiger partial charge in [-0.05, 0) is 6.42 Å². The van der Waals surface area contributed by atoms with Crippen molar-refractivity contribution >= 4 is 17.5 Å². The summed E-state index contributed by atoms with van der Waals surface area (Å²) in [4.78, 5) is 10.7. The molecule has 2 nitrogen and oxygen atoms in total. The lowest BCUT2D eigenvalue weighted by Gasteiger charge is -2.10. The number of hydrogen-bond acceptors (Lipinski definition) is 1. The van der Waals surface area contributed by atoms with Gasteiger partial charge in [0.15, 0.2) is 0 Å². The maximum Gasteiger partial charge on any atom is 0.405 e. The number of halogens is 4.